The van der Waals surface area contributed by atoms with E-state index in [0.29, 0.717) is 6.54 Å². The van der Waals surface area contributed by atoms with Gasteiger partial charge in [0.15, 0.2) is 5.96 Å². The summed E-state index contributed by atoms with van der Waals surface area (Å²) in [4.78, 5) is 15.5. The summed E-state index contributed by atoms with van der Waals surface area (Å²) in [6.45, 7) is 3.38. The number of thiazole rings is 1. The molecule has 0 atom stereocenters. The quantitative estimate of drug-likeness (QED) is 0.586. The number of aromatic nitrogens is 2. The van der Waals surface area contributed by atoms with Crippen LogP contribution in [0.3, 0.4) is 0 Å². The van der Waals surface area contributed by atoms with Crippen LogP contribution in [0.5, 0.6) is 0 Å². The fraction of sp³-hybridized carbons (Fsp3) is 0.278. The third-order valence-electron chi connectivity index (χ3n) is 3.81. The van der Waals surface area contributed by atoms with Crippen molar-refractivity contribution in [1.82, 2.24) is 20.2 Å². The van der Waals surface area contributed by atoms with E-state index < -0.39 is 0 Å². The second-order valence-electron chi connectivity index (χ2n) is 5.59. The van der Waals surface area contributed by atoms with Gasteiger partial charge in [-0.25, -0.2) is 4.98 Å². The van der Waals surface area contributed by atoms with Gasteiger partial charge in [0.2, 0.25) is 0 Å². The molecule has 0 aliphatic rings. The molecule has 0 aliphatic heterocycles. The van der Waals surface area contributed by atoms with Crippen molar-refractivity contribution in [1.29, 1.82) is 0 Å². The smallest absolute Gasteiger partial charge is 0.194 e. The lowest BCUT2D eigenvalue weighted by molar-refractivity contribution is 0.470. The molecule has 3 aromatic rings. The zero-order valence-corrected chi connectivity index (χ0v) is 15.0. The Balaban J connectivity index is 1.69. The maximum atomic E-state index is 4.51. The molecular weight excluding hydrogens is 318 g/mol. The normalized spacial score (nSPS) is 11.7. The monoisotopic (exact) mass is 339 g/mol. The molecule has 2 aromatic heterocycles. The molecular formula is C18H21N5S. The minimum atomic E-state index is 0.633. The molecule has 5 nitrogen and oxygen atoms in total. The van der Waals surface area contributed by atoms with Gasteiger partial charge in [0.25, 0.3) is 0 Å². The summed E-state index contributed by atoms with van der Waals surface area (Å²) in [5, 5.41) is 8.93. The molecule has 0 amide bonds. The van der Waals surface area contributed by atoms with Gasteiger partial charge in [-0.1, -0.05) is 24.3 Å². The van der Waals surface area contributed by atoms with Crippen LogP contribution in [0.25, 0.3) is 10.8 Å². The van der Waals surface area contributed by atoms with Gasteiger partial charge in [-0.3, -0.25) is 9.98 Å². The molecule has 2 heterocycles. The first-order valence-electron chi connectivity index (χ1n) is 7.83. The maximum absolute atomic E-state index is 4.51. The Morgan fingerprint density at radius 2 is 2.12 bits per heavy atom. The van der Waals surface area contributed by atoms with E-state index in [1.165, 1.54) is 10.8 Å². The number of benzene rings is 1. The van der Waals surface area contributed by atoms with Crippen molar-refractivity contribution in [3.63, 3.8) is 0 Å². The first-order valence-corrected chi connectivity index (χ1v) is 8.71. The van der Waals surface area contributed by atoms with Crippen molar-refractivity contribution >= 4 is 28.1 Å². The second-order valence-corrected chi connectivity index (χ2v) is 6.66. The number of aliphatic imine (C=N–C) groups is 1. The minimum absolute atomic E-state index is 0.633. The Hall–Kier alpha value is -2.47. The van der Waals surface area contributed by atoms with Gasteiger partial charge in [0, 0.05) is 31.1 Å². The van der Waals surface area contributed by atoms with E-state index >= 15 is 0 Å². The Bertz CT molecular complexity index is 850. The highest BCUT2D eigenvalue weighted by Crippen LogP contribution is 2.16. The van der Waals surface area contributed by atoms with E-state index in [9.17, 15) is 0 Å². The summed E-state index contributed by atoms with van der Waals surface area (Å²) >= 11 is 1.67. The number of nitrogens with zero attached hydrogens (tertiary/aromatic N) is 4. The molecule has 0 unspecified atom stereocenters. The van der Waals surface area contributed by atoms with Gasteiger partial charge in [0.1, 0.15) is 0 Å². The van der Waals surface area contributed by atoms with Crippen molar-refractivity contribution in [2.45, 2.75) is 20.0 Å². The molecule has 0 bridgehead atoms. The minimum Gasteiger partial charge on any atom is -0.351 e. The largest absolute Gasteiger partial charge is 0.351 e. The molecule has 0 saturated heterocycles. The van der Waals surface area contributed by atoms with Crippen LogP contribution < -0.4 is 5.32 Å². The predicted octanol–water partition coefficient (Wildman–Crippen LogP) is 3.21. The summed E-state index contributed by atoms with van der Waals surface area (Å²) in [6.07, 6.45) is 1.85. The fourth-order valence-electron chi connectivity index (χ4n) is 2.67. The Labute approximate surface area is 146 Å². The summed E-state index contributed by atoms with van der Waals surface area (Å²) in [5.74, 6) is 0.829. The van der Waals surface area contributed by atoms with E-state index in [2.05, 4.69) is 42.7 Å². The van der Waals surface area contributed by atoms with E-state index in [-0.39, 0.29) is 0 Å². The van der Waals surface area contributed by atoms with Crippen molar-refractivity contribution in [2.75, 3.05) is 14.1 Å². The molecule has 6 heteroatoms. The van der Waals surface area contributed by atoms with Gasteiger partial charge in [-0.2, -0.15) is 0 Å². The van der Waals surface area contributed by atoms with E-state index in [4.69, 9.17) is 0 Å². The first kappa shape index (κ1) is 16.4. The lowest BCUT2D eigenvalue weighted by atomic mass is 10.1. The molecule has 124 valence electrons. The molecule has 3 rings (SSSR count). The van der Waals surface area contributed by atoms with Crippen molar-refractivity contribution < 1.29 is 0 Å². The lowest BCUT2D eigenvalue weighted by Crippen LogP contribution is -2.38. The summed E-state index contributed by atoms with van der Waals surface area (Å²) < 4.78 is 0. The van der Waals surface area contributed by atoms with Crippen molar-refractivity contribution in [3.8, 4) is 0 Å². The molecule has 0 spiro atoms. The third kappa shape index (κ3) is 3.71. The van der Waals surface area contributed by atoms with Gasteiger partial charge in [-0.15, -0.1) is 11.3 Å². The fourth-order valence-corrected chi connectivity index (χ4v) is 3.27. The molecule has 24 heavy (non-hydrogen) atoms. The zero-order valence-electron chi connectivity index (χ0n) is 14.2. The van der Waals surface area contributed by atoms with Crippen LogP contribution in [-0.4, -0.2) is 34.9 Å². The van der Waals surface area contributed by atoms with E-state index in [1.54, 1.807) is 18.4 Å². The predicted molar refractivity (Wildman–Crippen MR) is 100 cm³/mol. The zero-order chi connectivity index (χ0) is 16.9. The second kappa shape index (κ2) is 7.40. The average Bonchev–Trinajstić information content (AvgIpc) is 3.00. The van der Waals surface area contributed by atoms with Crippen LogP contribution in [0.15, 0.2) is 46.9 Å². The Morgan fingerprint density at radius 3 is 2.88 bits per heavy atom. The van der Waals surface area contributed by atoms with Crippen LogP contribution in [0, 0.1) is 6.92 Å². The van der Waals surface area contributed by atoms with E-state index in [1.807, 2.05) is 38.4 Å². The topological polar surface area (TPSA) is 53.4 Å². The molecule has 1 aromatic carbocycles. The van der Waals surface area contributed by atoms with Crippen LogP contribution in [0.4, 0.5) is 0 Å². The third-order valence-corrected chi connectivity index (χ3v) is 4.63. The number of pyridine rings is 1. The first-order chi connectivity index (χ1) is 11.7. The number of rotatable bonds is 4. The number of fused-ring (bicyclic) bond motifs is 1. The van der Waals surface area contributed by atoms with Crippen LogP contribution >= 0.6 is 11.3 Å². The summed E-state index contributed by atoms with van der Waals surface area (Å²) in [6, 6.07) is 10.3. The molecule has 0 aliphatic carbocycles. The standard InChI is InChI=1S/C18H21N5S/c1-13-22-15(12-24-13)11-23(3)18(19-2)21-10-17-16-7-5-4-6-14(16)8-9-20-17/h4-9,12H,10-11H2,1-3H3,(H,19,21). The maximum Gasteiger partial charge on any atom is 0.194 e. The van der Waals surface area contributed by atoms with Gasteiger partial charge >= 0.3 is 0 Å². The van der Waals surface area contributed by atoms with Crippen molar-refractivity contribution in [3.05, 3.63) is 58.3 Å². The van der Waals surface area contributed by atoms with Gasteiger partial charge < -0.3 is 10.2 Å². The number of hydrogen-bond donors (Lipinski definition) is 1. The van der Waals surface area contributed by atoms with Crippen molar-refractivity contribution in [2.24, 2.45) is 4.99 Å². The van der Waals surface area contributed by atoms with Crippen LogP contribution in [0.2, 0.25) is 0 Å². The molecule has 0 fully saturated rings. The highest BCUT2D eigenvalue weighted by atomic mass is 32.1. The number of nitrogens with one attached hydrogen (secondary N) is 1. The molecule has 0 radical (unpaired) electrons. The summed E-state index contributed by atoms with van der Waals surface area (Å²) in [7, 11) is 3.81. The van der Waals surface area contributed by atoms with Gasteiger partial charge in [0.05, 0.1) is 29.5 Å². The number of aryl methyl sites for hydroxylation is 1. The SMILES string of the molecule is CN=C(NCc1nccc2ccccc12)N(C)Cc1csc(C)n1. The highest BCUT2D eigenvalue weighted by Gasteiger charge is 2.10. The number of guanidine groups is 1. The van der Waals surface area contributed by atoms with E-state index in [0.717, 1.165) is 28.9 Å². The molecule has 1 N–H and O–H groups in total. The van der Waals surface area contributed by atoms with Crippen LogP contribution in [0.1, 0.15) is 16.4 Å². The highest BCUT2D eigenvalue weighted by molar-refractivity contribution is 7.09. The molecule has 0 saturated carbocycles. The Morgan fingerprint density at radius 1 is 1.29 bits per heavy atom. The van der Waals surface area contributed by atoms with Gasteiger partial charge in [-0.05, 0) is 18.4 Å². The average molecular weight is 339 g/mol. The Kier molecular flexibility index (Phi) is 5.05. The number of hydrogen-bond acceptors (Lipinski definition) is 4. The lowest BCUT2D eigenvalue weighted by Gasteiger charge is -2.21. The summed E-state index contributed by atoms with van der Waals surface area (Å²) in [5.41, 5.74) is 2.08. The van der Waals surface area contributed by atoms with Crippen LogP contribution in [-0.2, 0) is 13.1 Å².